The maximum Gasteiger partial charge on any atom is 0.315 e. The Hall–Kier alpha value is -2.57. The lowest BCUT2D eigenvalue weighted by Crippen LogP contribution is -2.46. The molecule has 0 aliphatic carbocycles. The monoisotopic (exact) mass is 319 g/mol. The van der Waals surface area contributed by atoms with E-state index in [-0.39, 0.29) is 18.9 Å². The molecule has 1 aromatic carbocycles. The zero-order valence-electron chi connectivity index (χ0n) is 12.8. The molecule has 1 aliphatic rings. The molecular formula is C16H21N3O4. The molecule has 1 fully saturated rings. The van der Waals surface area contributed by atoms with E-state index in [4.69, 9.17) is 5.11 Å². The van der Waals surface area contributed by atoms with Crippen LogP contribution in [0.5, 0.6) is 0 Å². The second kappa shape index (κ2) is 8.17. The first-order valence-corrected chi connectivity index (χ1v) is 7.65. The van der Waals surface area contributed by atoms with Gasteiger partial charge in [0.05, 0.1) is 0 Å². The van der Waals surface area contributed by atoms with Gasteiger partial charge >= 0.3 is 12.0 Å². The van der Waals surface area contributed by atoms with Gasteiger partial charge in [-0.3, -0.25) is 9.59 Å². The Morgan fingerprint density at radius 2 is 2.00 bits per heavy atom. The number of aliphatic carboxylic acids is 1. The first-order chi connectivity index (χ1) is 11.1. The van der Waals surface area contributed by atoms with Crippen LogP contribution in [-0.4, -0.2) is 47.0 Å². The number of likely N-dealkylation sites (tertiary alicyclic amines) is 1. The summed E-state index contributed by atoms with van der Waals surface area (Å²) in [7, 11) is 0. The van der Waals surface area contributed by atoms with Gasteiger partial charge in [-0.2, -0.15) is 0 Å². The first-order valence-electron chi connectivity index (χ1n) is 7.65. The molecule has 3 N–H and O–H groups in total. The minimum absolute atomic E-state index is 0.00743. The highest BCUT2D eigenvalue weighted by molar-refractivity contribution is 5.88. The molecule has 7 heteroatoms. The second-order valence-electron chi connectivity index (χ2n) is 5.48. The van der Waals surface area contributed by atoms with Crippen molar-refractivity contribution in [2.45, 2.75) is 31.8 Å². The van der Waals surface area contributed by atoms with Crippen molar-refractivity contribution in [1.29, 1.82) is 0 Å². The van der Waals surface area contributed by atoms with Crippen LogP contribution in [0.3, 0.4) is 0 Å². The molecule has 1 heterocycles. The van der Waals surface area contributed by atoms with Crippen LogP contribution in [-0.2, 0) is 16.1 Å². The quantitative estimate of drug-likeness (QED) is 0.652. The number of carbonyl (C=O) groups is 3. The highest BCUT2D eigenvalue weighted by Gasteiger charge is 2.32. The maximum absolute atomic E-state index is 12.3. The molecule has 1 aliphatic heterocycles. The fourth-order valence-electron chi connectivity index (χ4n) is 2.48. The van der Waals surface area contributed by atoms with Gasteiger partial charge in [0.2, 0.25) is 5.91 Å². The molecule has 1 unspecified atom stereocenters. The molecule has 3 amide bonds. The number of rotatable bonds is 7. The van der Waals surface area contributed by atoms with E-state index in [0.717, 1.165) is 5.56 Å². The number of nitrogens with zero attached hydrogens (tertiary/aromatic N) is 1. The number of carboxylic acids is 1. The summed E-state index contributed by atoms with van der Waals surface area (Å²) in [6.07, 6.45) is 0.948. The van der Waals surface area contributed by atoms with Gasteiger partial charge in [0.25, 0.3) is 0 Å². The third kappa shape index (κ3) is 5.28. The van der Waals surface area contributed by atoms with Crippen LogP contribution < -0.4 is 10.6 Å². The topological polar surface area (TPSA) is 98.7 Å². The van der Waals surface area contributed by atoms with Gasteiger partial charge in [0.1, 0.15) is 6.04 Å². The molecule has 0 radical (unpaired) electrons. The number of benzene rings is 1. The van der Waals surface area contributed by atoms with E-state index in [1.54, 1.807) is 4.90 Å². The van der Waals surface area contributed by atoms with Crippen LogP contribution in [0.4, 0.5) is 4.79 Å². The Balaban J connectivity index is 1.73. The summed E-state index contributed by atoms with van der Waals surface area (Å²) >= 11 is 0. The van der Waals surface area contributed by atoms with E-state index in [1.807, 2.05) is 30.3 Å². The van der Waals surface area contributed by atoms with Gasteiger partial charge in [-0.1, -0.05) is 30.3 Å². The van der Waals surface area contributed by atoms with Crippen molar-refractivity contribution in [2.75, 3.05) is 13.1 Å². The molecular weight excluding hydrogens is 298 g/mol. The SMILES string of the molecule is O=C(O)CCCNC(=O)NC1CCN(Cc2ccccc2)C1=O. The van der Waals surface area contributed by atoms with E-state index in [2.05, 4.69) is 10.6 Å². The Morgan fingerprint density at radius 1 is 1.26 bits per heavy atom. The molecule has 2 rings (SSSR count). The molecule has 1 atom stereocenters. The van der Waals surface area contributed by atoms with Crippen molar-refractivity contribution in [1.82, 2.24) is 15.5 Å². The van der Waals surface area contributed by atoms with Crippen LogP contribution in [0.1, 0.15) is 24.8 Å². The van der Waals surface area contributed by atoms with Crippen molar-refractivity contribution in [3.8, 4) is 0 Å². The standard InChI is InChI=1S/C16H21N3O4/c20-14(21)7-4-9-17-16(23)18-13-8-10-19(15(13)22)11-12-5-2-1-3-6-12/h1-3,5-6,13H,4,7-11H2,(H,20,21)(H2,17,18,23). The van der Waals surface area contributed by atoms with Gasteiger partial charge in [0.15, 0.2) is 0 Å². The van der Waals surface area contributed by atoms with E-state index in [0.29, 0.717) is 25.9 Å². The van der Waals surface area contributed by atoms with E-state index >= 15 is 0 Å². The number of hydrogen-bond acceptors (Lipinski definition) is 3. The van der Waals surface area contributed by atoms with Gasteiger partial charge < -0.3 is 20.6 Å². The zero-order chi connectivity index (χ0) is 16.7. The van der Waals surface area contributed by atoms with Crippen LogP contribution >= 0.6 is 0 Å². The van der Waals surface area contributed by atoms with Gasteiger partial charge in [-0.05, 0) is 18.4 Å². The van der Waals surface area contributed by atoms with E-state index in [1.165, 1.54) is 0 Å². The van der Waals surface area contributed by atoms with Crippen molar-refractivity contribution >= 4 is 17.9 Å². The normalized spacial score (nSPS) is 17.1. The minimum Gasteiger partial charge on any atom is -0.481 e. The van der Waals surface area contributed by atoms with Gasteiger partial charge in [-0.15, -0.1) is 0 Å². The summed E-state index contributed by atoms with van der Waals surface area (Å²) in [5.74, 6) is -0.982. The predicted octanol–water partition coefficient (Wildman–Crippen LogP) is 0.951. The van der Waals surface area contributed by atoms with Crippen molar-refractivity contribution in [2.24, 2.45) is 0 Å². The fraction of sp³-hybridized carbons (Fsp3) is 0.438. The Morgan fingerprint density at radius 3 is 2.70 bits per heavy atom. The zero-order valence-corrected chi connectivity index (χ0v) is 12.8. The number of urea groups is 1. The lowest BCUT2D eigenvalue weighted by Gasteiger charge is -2.17. The highest BCUT2D eigenvalue weighted by atomic mass is 16.4. The summed E-state index contributed by atoms with van der Waals surface area (Å²) < 4.78 is 0. The molecule has 23 heavy (non-hydrogen) atoms. The Labute approximate surface area is 134 Å². The smallest absolute Gasteiger partial charge is 0.315 e. The van der Waals surface area contributed by atoms with Crippen LogP contribution in [0, 0.1) is 0 Å². The van der Waals surface area contributed by atoms with Crippen molar-refractivity contribution in [3.63, 3.8) is 0 Å². The lowest BCUT2D eigenvalue weighted by atomic mass is 10.2. The number of hydrogen-bond donors (Lipinski definition) is 3. The summed E-state index contributed by atoms with van der Waals surface area (Å²) in [6.45, 7) is 1.42. The highest BCUT2D eigenvalue weighted by Crippen LogP contribution is 2.15. The average molecular weight is 319 g/mol. The van der Waals surface area contributed by atoms with Crippen LogP contribution in [0.15, 0.2) is 30.3 Å². The predicted molar refractivity (Wildman–Crippen MR) is 83.7 cm³/mol. The number of carboxylic acid groups (broad SMARTS) is 1. The molecule has 0 aromatic heterocycles. The lowest BCUT2D eigenvalue weighted by molar-refractivity contribution is -0.137. The Bertz CT molecular complexity index is 562. The van der Waals surface area contributed by atoms with Gasteiger partial charge in [0, 0.05) is 26.1 Å². The molecule has 1 saturated heterocycles. The third-order valence-corrected chi connectivity index (χ3v) is 3.67. The van der Waals surface area contributed by atoms with Crippen molar-refractivity contribution in [3.05, 3.63) is 35.9 Å². The molecule has 1 aromatic rings. The minimum atomic E-state index is -0.894. The van der Waals surface area contributed by atoms with Crippen LogP contribution in [0.25, 0.3) is 0 Å². The molecule has 124 valence electrons. The number of carbonyl (C=O) groups excluding carboxylic acids is 2. The molecule has 7 nitrogen and oxygen atoms in total. The first kappa shape index (κ1) is 16.8. The average Bonchev–Trinajstić information content (AvgIpc) is 2.86. The molecule has 0 bridgehead atoms. The summed E-state index contributed by atoms with van der Waals surface area (Å²) in [4.78, 5) is 36.1. The number of amides is 3. The Kier molecular flexibility index (Phi) is 5.96. The molecule has 0 spiro atoms. The maximum atomic E-state index is 12.3. The summed E-state index contributed by atoms with van der Waals surface area (Å²) in [6, 6.07) is 8.75. The fourth-order valence-corrected chi connectivity index (χ4v) is 2.48. The second-order valence-corrected chi connectivity index (χ2v) is 5.48. The number of nitrogens with one attached hydrogen (secondary N) is 2. The van der Waals surface area contributed by atoms with Gasteiger partial charge in [-0.25, -0.2) is 4.79 Å². The van der Waals surface area contributed by atoms with E-state index in [9.17, 15) is 14.4 Å². The largest absolute Gasteiger partial charge is 0.481 e. The van der Waals surface area contributed by atoms with E-state index < -0.39 is 18.0 Å². The van der Waals surface area contributed by atoms with Crippen LogP contribution in [0.2, 0.25) is 0 Å². The summed E-state index contributed by atoms with van der Waals surface area (Å²) in [5.41, 5.74) is 1.06. The summed E-state index contributed by atoms with van der Waals surface area (Å²) in [5, 5.41) is 13.7. The van der Waals surface area contributed by atoms with Crippen molar-refractivity contribution < 1.29 is 19.5 Å². The molecule has 0 saturated carbocycles. The third-order valence-electron chi connectivity index (χ3n) is 3.67.